The maximum absolute atomic E-state index is 12.6. The Morgan fingerprint density at radius 3 is 2.67 bits per heavy atom. The molecule has 2 heterocycles. The van der Waals surface area contributed by atoms with E-state index < -0.39 is 0 Å². The van der Waals surface area contributed by atoms with Crippen LogP contribution in [0.3, 0.4) is 0 Å². The van der Waals surface area contributed by atoms with Crippen LogP contribution in [0, 0.1) is 11.8 Å². The topological polar surface area (TPSA) is 112 Å². The van der Waals surface area contributed by atoms with Crippen molar-refractivity contribution in [1.82, 2.24) is 20.5 Å². The van der Waals surface area contributed by atoms with E-state index in [1.54, 1.807) is 11.3 Å². The summed E-state index contributed by atoms with van der Waals surface area (Å²) < 4.78 is 0. The largest absolute Gasteiger partial charge is 0.355 e. The van der Waals surface area contributed by atoms with Gasteiger partial charge in [0, 0.05) is 23.9 Å². The van der Waals surface area contributed by atoms with Gasteiger partial charge in [-0.05, 0) is 69.8 Å². The van der Waals surface area contributed by atoms with Crippen LogP contribution >= 0.6 is 11.3 Å². The molecule has 2 saturated carbocycles. The van der Waals surface area contributed by atoms with Gasteiger partial charge in [0.25, 0.3) is 5.91 Å². The summed E-state index contributed by atoms with van der Waals surface area (Å²) >= 11 is 1.62. The second kappa shape index (κ2) is 9.59. The Balaban J connectivity index is 0.000000230. The quantitative estimate of drug-likeness (QED) is 0.538. The van der Waals surface area contributed by atoms with Gasteiger partial charge in [0.1, 0.15) is 11.3 Å². The van der Waals surface area contributed by atoms with Gasteiger partial charge in [-0.25, -0.2) is 10.1 Å². The lowest BCUT2D eigenvalue weighted by atomic mass is 9.95. The minimum absolute atomic E-state index is 0.0115. The van der Waals surface area contributed by atoms with Gasteiger partial charge in [0.15, 0.2) is 0 Å². The lowest BCUT2D eigenvalue weighted by molar-refractivity contribution is -0.117. The summed E-state index contributed by atoms with van der Waals surface area (Å²) in [5.41, 5.74) is 1.95. The van der Waals surface area contributed by atoms with E-state index in [1.165, 1.54) is 36.0 Å². The lowest BCUT2D eigenvalue weighted by Gasteiger charge is -2.13. The Labute approximate surface area is 180 Å². The van der Waals surface area contributed by atoms with Gasteiger partial charge in [0.05, 0.1) is 5.56 Å². The molecule has 5 rings (SSSR count). The second-order valence-corrected chi connectivity index (χ2v) is 9.30. The summed E-state index contributed by atoms with van der Waals surface area (Å²) in [5, 5.41) is 16.2. The molecule has 3 aliphatic rings. The molecule has 8 nitrogen and oxygen atoms in total. The van der Waals surface area contributed by atoms with Crippen molar-refractivity contribution in [2.24, 2.45) is 11.8 Å². The molecular formula is C21H30N6O2S. The average molecular weight is 431 g/mol. The SMILES string of the molecule is CCNc1ncn[nH]1.O=C(NCC1CC1)c1c(NC(=O)C2CC2)sc2c1CCCC2. The Kier molecular flexibility index (Phi) is 6.66. The molecule has 0 bridgehead atoms. The highest BCUT2D eigenvalue weighted by Gasteiger charge is 2.33. The van der Waals surface area contributed by atoms with Crippen LogP contribution in [0.15, 0.2) is 6.33 Å². The van der Waals surface area contributed by atoms with Crippen LogP contribution < -0.4 is 16.0 Å². The minimum Gasteiger partial charge on any atom is -0.355 e. The van der Waals surface area contributed by atoms with Gasteiger partial charge in [-0.3, -0.25) is 9.59 Å². The molecule has 0 atom stereocenters. The van der Waals surface area contributed by atoms with Gasteiger partial charge < -0.3 is 16.0 Å². The third-order valence-corrected chi connectivity index (χ3v) is 6.80. The van der Waals surface area contributed by atoms with Crippen LogP contribution in [0.5, 0.6) is 0 Å². The van der Waals surface area contributed by atoms with Crippen molar-refractivity contribution in [1.29, 1.82) is 0 Å². The molecule has 0 radical (unpaired) electrons. The van der Waals surface area contributed by atoms with Crippen molar-refractivity contribution in [2.75, 3.05) is 23.7 Å². The van der Waals surface area contributed by atoms with Crippen molar-refractivity contribution >= 4 is 34.1 Å². The van der Waals surface area contributed by atoms with Gasteiger partial charge in [-0.1, -0.05) is 0 Å². The number of fused-ring (bicyclic) bond motifs is 1. The molecule has 0 spiro atoms. The van der Waals surface area contributed by atoms with Crippen LogP contribution in [-0.4, -0.2) is 40.1 Å². The van der Waals surface area contributed by atoms with E-state index in [2.05, 4.69) is 31.1 Å². The van der Waals surface area contributed by atoms with Crippen molar-refractivity contribution < 1.29 is 9.59 Å². The summed E-state index contributed by atoms with van der Waals surface area (Å²) in [6, 6.07) is 0. The standard InChI is InChI=1S/C17H22N2O2S.C4H8N4/c20-15(11-7-8-11)19-17-14(16(21)18-9-10-5-6-10)12-3-1-2-4-13(12)22-17;1-2-5-4-6-3-7-8-4/h10-11H,1-9H2,(H,18,21)(H,19,20);3H,2H2,1H3,(H2,5,6,7,8). The molecule has 2 fully saturated rings. The van der Waals surface area contributed by atoms with E-state index in [-0.39, 0.29) is 17.7 Å². The first-order valence-corrected chi connectivity index (χ1v) is 11.8. The lowest BCUT2D eigenvalue weighted by Crippen LogP contribution is -2.27. The molecule has 0 aliphatic heterocycles. The van der Waals surface area contributed by atoms with Crippen LogP contribution in [-0.2, 0) is 17.6 Å². The summed E-state index contributed by atoms with van der Waals surface area (Å²) in [5.74, 6) is 1.67. The molecule has 2 aromatic rings. The van der Waals surface area contributed by atoms with Gasteiger partial charge in [0.2, 0.25) is 11.9 Å². The zero-order chi connectivity index (χ0) is 20.9. The monoisotopic (exact) mass is 430 g/mol. The molecule has 0 saturated heterocycles. The van der Waals surface area contributed by atoms with E-state index in [0.29, 0.717) is 5.92 Å². The third-order valence-electron chi connectivity index (χ3n) is 5.59. The molecule has 3 aliphatic carbocycles. The molecule has 2 amide bonds. The first-order chi connectivity index (χ1) is 14.7. The normalized spacial score (nSPS) is 17.4. The van der Waals surface area contributed by atoms with Gasteiger partial charge in [-0.2, -0.15) is 5.10 Å². The molecule has 9 heteroatoms. The Morgan fingerprint density at radius 1 is 1.20 bits per heavy atom. The number of aromatic nitrogens is 3. The van der Waals surface area contributed by atoms with Gasteiger partial charge >= 0.3 is 0 Å². The zero-order valence-electron chi connectivity index (χ0n) is 17.4. The van der Waals surface area contributed by atoms with Crippen LogP contribution in [0.2, 0.25) is 0 Å². The number of carbonyl (C=O) groups excluding carboxylic acids is 2. The number of aromatic amines is 1. The third kappa shape index (κ3) is 5.38. The summed E-state index contributed by atoms with van der Waals surface area (Å²) in [7, 11) is 0. The second-order valence-electron chi connectivity index (χ2n) is 8.20. The zero-order valence-corrected chi connectivity index (χ0v) is 18.2. The number of rotatable bonds is 7. The van der Waals surface area contributed by atoms with Crippen LogP contribution in [0.25, 0.3) is 0 Å². The maximum Gasteiger partial charge on any atom is 0.254 e. The van der Waals surface area contributed by atoms with Crippen LogP contribution in [0.4, 0.5) is 10.9 Å². The number of nitrogens with one attached hydrogen (secondary N) is 4. The molecule has 162 valence electrons. The van der Waals surface area contributed by atoms with Crippen molar-refractivity contribution in [3.8, 4) is 0 Å². The van der Waals surface area contributed by atoms with Crippen LogP contribution in [0.1, 0.15) is 66.2 Å². The molecular weight excluding hydrogens is 400 g/mol. The van der Waals surface area contributed by atoms with E-state index in [1.807, 2.05) is 6.92 Å². The van der Waals surface area contributed by atoms with E-state index >= 15 is 0 Å². The average Bonchev–Trinajstić information content (AvgIpc) is 3.67. The van der Waals surface area contributed by atoms with Gasteiger partial charge in [-0.15, -0.1) is 11.3 Å². The van der Waals surface area contributed by atoms with Crippen molar-refractivity contribution in [3.63, 3.8) is 0 Å². The predicted molar refractivity (Wildman–Crippen MR) is 118 cm³/mol. The molecule has 30 heavy (non-hydrogen) atoms. The number of H-pyrrole nitrogens is 1. The highest BCUT2D eigenvalue weighted by Crippen LogP contribution is 2.40. The Hall–Kier alpha value is -2.42. The van der Waals surface area contributed by atoms with E-state index in [9.17, 15) is 9.59 Å². The number of thiophene rings is 1. The Morgan fingerprint density at radius 2 is 2.00 bits per heavy atom. The molecule has 4 N–H and O–H groups in total. The van der Waals surface area contributed by atoms with Crippen molar-refractivity contribution in [2.45, 2.75) is 58.3 Å². The first kappa shape index (κ1) is 20.8. The Bertz CT molecular complexity index is 870. The number of anilines is 2. The summed E-state index contributed by atoms with van der Waals surface area (Å²) in [6.07, 6.45) is 10.2. The summed E-state index contributed by atoms with van der Waals surface area (Å²) in [6.45, 7) is 3.65. The number of hydrogen-bond acceptors (Lipinski definition) is 6. The predicted octanol–water partition coefficient (Wildman–Crippen LogP) is 3.35. The fraction of sp³-hybridized carbons (Fsp3) is 0.619. The molecule has 0 unspecified atom stereocenters. The fourth-order valence-electron chi connectivity index (χ4n) is 3.56. The first-order valence-electron chi connectivity index (χ1n) is 11.0. The number of amides is 2. The minimum atomic E-state index is 0.0115. The fourth-order valence-corrected chi connectivity index (χ4v) is 4.85. The number of nitrogens with zero attached hydrogens (tertiary/aromatic N) is 2. The van der Waals surface area contributed by atoms with E-state index in [4.69, 9.17) is 0 Å². The number of carbonyl (C=O) groups is 2. The number of hydrogen-bond donors (Lipinski definition) is 4. The summed E-state index contributed by atoms with van der Waals surface area (Å²) in [4.78, 5) is 29.9. The molecule has 2 aromatic heterocycles. The van der Waals surface area contributed by atoms with E-state index in [0.717, 1.165) is 61.7 Å². The highest BCUT2D eigenvalue weighted by molar-refractivity contribution is 7.17. The molecule has 0 aromatic carbocycles. The van der Waals surface area contributed by atoms with Crippen molar-refractivity contribution in [3.05, 3.63) is 22.3 Å². The smallest absolute Gasteiger partial charge is 0.254 e. The maximum atomic E-state index is 12.6. The highest BCUT2D eigenvalue weighted by atomic mass is 32.1. The number of aryl methyl sites for hydroxylation is 1.